The molecular formula is C34H47N3O4S. The van der Waals surface area contributed by atoms with Gasteiger partial charge in [-0.3, -0.25) is 13.9 Å². The van der Waals surface area contributed by atoms with Crippen LogP contribution in [0.5, 0.6) is 0 Å². The van der Waals surface area contributed by atoms with Gasteiger partial charge in [0.05, 0.1) is 11.9 Å². The SMILES string of the molecule is CCCCNC(=O)[C@H](C)N(Cc1ccccc1C)C(=O)CN(c1ccc(C23CC4CC(CC(C4)C2)C3)cc1)S(C)(=O)=O. The number of benzene rings is 2. The second kappa shape index (κ2) is 12.4. The first-order valence-electron chi connectivity index (χ1n) is 15.7. The van der Waals surface area contributed by atoms with E-state index in [1.54, 1.807) is 6.92 Å². The average Bonchev–Trinajstić information content (AvgIpc) is 2.94. The Balaban J connectivity index is 1.37. The second-order valence-electron chi connectivity index (χ2n) is 13.3. The summed E-state index contributed by atoms with van der Waals surface area (Å²) in [6.45, 7) is 6.13. The Morgan fingerprint density at radius 3 is 2.12 bits per heavy atom. The summed E-state index contributed by atoms with van der Waals surface area (Å²) < 4.78 is 27.3. The van der Waals surface area contributed by atoms with Crippen LogP contribution in [-0.4, -0.2) is 50.5 Å². The van der Waals surface area contributed by atoms with E-state index in [0.717, 1.165) is 48.0 Å². The normalized spacial score (nSPS) is 25.2. The van der Waals surface area contributed by atoms with Crippen molar-refractivity contribution < 1.29 is 18.0 Å². The number of rotatable bonds is 12. The molecule has 1 N–H and O–H groups in total. The number of sulfonamides is 1. The van der Waals surface area contributed by atoms with E-state index in [2.05, 4.69) is 24.4 Å². The highest BCUT2D eigenvalue weighted by atomic mass is 32.2. The van der Waals surface area contributed by atoms with E-state index in [1.807, 2.05) is 43.3 Å². The molecule has 2 aromatic rings. The van der Waals surface area contributed by atoms with Crippen LogP contribution in [0.1, 0.15) is 81.9 Å². The monoisotopic (exact) mass is 593 g/mol. The van der Waals surface area contributed by atoms with Gasteiger partial charge >= 0.3 is 0 Å². The van der Waals surface area contributed by atoms with Crippen molar-refractivity contribution >= 4 is 27.5 Å². The maximum Gasteiger partial charge on any atom is 0.244 e. The molecular weight excluding hydrogens is 546 g/mol. The first-order chi connectivity index (χ1) is 20.0. The molecule has 6 rings (SSSR count). The van der Waals surface area contributed by atoms with E-state index < -0.39 is 22.0 Å². The number of aryl methyl sites for hydroxylation is 1. The molecule has 4 bridgehead atoms. The first kappa shape index (κ1) is 30.6. The van der Waals surface area contributed by atoms with Gasteiger partial charge in [-0.25, -0.2) is 8.42 Å². The smallest absolute Gasteiger partial charge is 0.244 e. The van der Waals surface area contributed by atoms with Crippen molar-refractivity contribution in [1.29, 1.82) is 0 Å². The maximum absolute atomic E-state index is 13.9. The van der Waals surface area contributed by atoms with Gasteiger partial charge < -0.3 is 10.2 Å². The third kappa shape index (κ3) is 6.53. The Bertz CT molecular complexity index is 1350. The van der Waals surface area contributed by atoms with Gasteiger partial charge in [0, 0.05) is 13.1 Å². The van der Waals surface area contributed by atoms with Crippen molar-refractivity contribution in [3.05, 3.63) is 65.2 Å². The van der Waals surface area contributed by atoms with Crippen LogP contribution in [0.3, 0.4) is 0 Å². The Morgan fingerprint density at radius 1 is 0.976 bits per heavy atom. The molecule has 2 aromatic carbocycles. The van der Waals surface area contributed by atoms with Crippen LogP contribution in [0.4, 0.5) is 5.69 Å². The summed E-state index contributed by atoms with van der Waals surface area (Å²) in [5, 5.41) is 2.93. The third-order valence-corrected chi connectivity index (χ3v) is 11.2. The molecule has 1 atom stereocenters. The third-order valence-electron chi connectivity index (χ3n) is 10.1. The number of carbonyl (C=O) groups excluding carboxylic acids is 2. The number of amides is 2. The molecule has 42 heavy (non-hydrogen) atoms. The van der Waals surface area contributed by atoms with E-state index in [-0.39, 0.29) is 24.4 Å². The number of carbonyl (C=O) groups is 2. The lowest BCUT2D eigenvalue weighted by Gasteiger charge is -2.57. The van der Waals surface area contributed by atoms with Crippen molar-refractivity contribution in [2.75, 3.05) is 23.7 Å². The van der Waals surface area contributed by atoms with Crippen LogP contribution < -0.4 is 9.62 Å². The van der Waals surface area contributed by atoms with Gasteiger partial charge in [0.1, 0.15) is 12.6 Å². The minimum absolute atomic E-state index is 0.212. The Hall–Kier alpha value is -2.87. The highest BCUT2D eigenvalue weighted by Crippen LogP contribution is 2.60. The largest absolute Gasteiger partial charge is 0.354 e. The topological polar surface area (TPSA) is 86.8 Å². The van der Waals surface area contributed by atoms with Crippen molar-refractivity contribution in [1.82, 2.24) is 10.2 Å². The number of unbranched alkanes of at least 4 members (excludes halogenated alkanes) is 1. The van der Waals surface area contributed by atoms with Crippen LogP contribution in [-0.2, 0) is 31.6 Å². The molecule has 4 aliphatic rings. The fraction of sp³-hybridized carbons (Fsp3) is 0.588. The zero-order valence-corrected chi connectivity index (χ0v) is 26.5. The minimum Gasteiger partial charge on any atom is -0.354 e. The van der Waals surface area contributed by atoms with Crippen LogP contribution in [0, 0.1) is 24.7 Å². The van der Waals surface area contributed by atoms with Crippen LogP contribution in [0.25, 0.3) is 0 Å². The molecule has 8 heteroatoms. The summed E-state index contributed by atoms with van der Waals surface area (Å²) in [7, 11) is -3.76. The lowest BCUT2D eigenvalue weighted by atomic mass is 9.48. The minimum atomic E-state index is -3.76. The van der Waals surface area contributed by atoms with Crippen molar-refractivity contribution in [3.63, 3.8) is 0 Å². The van der Waals surface area contributed by atoms with Crippen molar-refractivity contribution in [2.45, 2.75) is 90.1 Å². The Labute approximate surface area is 252 Å². The molecule has 0 spiro atoms. The highest BCUT2D eigenvalue weighted by Gasteiger charge is 2.51. The van der Waals surface area contributed by atoms with E-state index in [1.165, 1.54) is 53.3 Å². The molecule has 0 radical (unpaired) electrons. The van der Waals surface area contributed by atoms with Gasteiger partial charge in [0.15, 0.2) is 0 Å². The van der Waals surface area contributed by atoms with Gasteiger partial charge in [-0.2, -0.15) is 0 Å². The molecule has 4 saturated carbocycles. The molecule has 4 aliphatic carbocycles. The van der Waals surface area contributed by atoms with Crippen molar-refractivity contribution in [3.8, 4) is 0 Å². The quantitative estimate of drug-likeness (QED) is 0.327. The molecule has 228 valence electrons. The van der Waals surface area contributed by atoms with Crippen LogP contribution >= 0.6 is 0 Å². The predicted octanol–water partition coefficient (Wildman–Crippen LogP) is 5.56. The predicted molar refractivity (Wildman–Crippen MR) is 168 cm³/mol. The van der Waals surface area contributed by atoms with Crippen molar-refractivity contribution in [2.24, 2.45) is 17.8 Å². The molecule has 4 fully saturated rings. The van der Waals surface area contributed by atoms with Gasteiger partial charge in [-0.1, -0.05) is 49.7 Å². The summed E-state index contributed by atoms with van der Waals surface area (Å²) in [6, 6.07) is 14.9. The molecule has 0 heterocycles. The lowest BCUT2D eigenvalue weighted by molar-refractivity contribution is -0.139. The number of hydrogen-bond acceptors (Lipinski definition) is 4. The standard InChI is InChI=1S/C34H47N3O4S/c1-5-6-15-35-33(39)25(3)36(22-29-10-8-7-9-24(29)2)32(38)23-37(42(4,40)41)31-13-11-30(12-14-31)34-19-26-16-27(20-34)18-28(17-26)21-34/h7-14,25-28H,5-6,15-23H2,1-4H3,(H,35,39)/t25-,26?,27?,28?,34?/m0/s1. The van der Waals surface area contributed by atoms with Gasteiger partial charge in [-0.05, 0) is 111 Å². The summed E-state index contributed by atoms with van der Waals surface area (Å²) in [5.74, 6) is 1.81. The Morgan fingerprint density at radius 2 is 1.57 bits per heavy atom. The molecule has 0 aliphatic heterocycles. The number of anilines is 1. The fourth-order valence-corrected chi connectivity index (χ4v) is 9.00. The van der Waals surface area contributed by atoms with Gasteiger partial charge in [0.2, 0.25) is 21.8 Å². The number of hydrogen-bond donors (Lipinski definition) is 1. The molecule has 2 amide bonds. The summed E-state index contributed by atoms with van der Waals surface area (Å²) >= 11 is 0. The number of nitrogens with zero attached hydrogens (tertiary/aromatic N) is 2. The Kier molecular flexibility index (Phi) is 9.02. The van der Waals surface area contributed by atoms with Gasteiger partial charge in [0.25, 0.3) is 0 Å². The van der Waals surface area contributed by atoms with E-state index >= 15 is 0 Å². The fourth-order valence-electron chi connectivity index (χ4n) is 8.15. The highest BCUT2D eigenvalue weighted by molar-refractivity contribution is 7.92. The first-order valence-corrected chi connectivity index (χ1v) is 17.5. The zero-order chi connectivity index (χ0) is 30.1. The van der Waals surface area contributed by atoms with Crippen LogP contribution in [0.2, 0.25) is 0 Å². The molecule has 0 saturated heterocycles. The van der Waals surface area contributed by atoms with E-state index in [0.29, 0.717) is 12.2 Å². The molecule has 0 unspecified atom stereocenters. The lowest BCUT2D eigenvalue weighted by Crippen LogP contribution is -2.51. The van der Waals surface area contributed by atoms with Gasteiger partial charge in [-0.15, -0.1) is 0 Å². The second-order valence-corrected chi connectivity index (χ2v) is 15.2. The van der Waals surface area contributed by atoms with Crippen LogP contribution in [0.15, 0.2) is 48.5 Å². The summed E-state index contributed by atoms with van der Waals surface area (Å²) in [6.07, 6.45) is 10.8. The van der Waals surface area contributed by atoms with E-state index in [4.69, 9.17) is 0 Å². The molecule has 0 aromatic heterocycles. The molecule has 7 nitrogen and oxygen atoms in total. The number of nitrogens with one attached hydrogen (secondary N) is 1. The average molecular weight is 594 g/mol. The maximum atomic E-state index is 13.9. The summed E-state index contributed by atoms with van der Waals surface area (Å²) in [4.78, 5) is 28.5. The summed E-state index contributed by atoms with van der Waals surface area (Å²) in [5.41, 5.74) is 3.93. The van der Waals surface area contributed by atoms with E-state index in [9.17, 15) is 18.0 Å². The zero-order valence-electron chi connectivity index (χ0n) is 25.6.